The summed E-state index contributed by atoms with van der Waals surface area (Å²) in [5.74, 6) is 3.47. The molecule has 0 bridgehead atoms. The number of methoxy groups -OCH3 is 1. The van der Waals surface area contributed by atoms with E-state index in [1.54, 1.807) is 7.11 Å². The zero-order valence-corrected chi connectivity index (χ0v) is 16.6. The van der Waals surface area contributed by atoms with E-state index < -0.39 is 7.60 Å². The van der Waals surface area contributed by atoms with Crippen LogP contribution in [0.4, 0.5) is 0 Å². The molecule has 140 valence electrons. The molecule has 0 saturated carbocycles. The molecule has 0 aliphatic heterocycles. The summed E-state index contributed by atoms with van der Waals surface area (Å²) >= 11 is 0. The molecule has 2 aromatic rings. The fourth-order valence-corrected chi connectivity index (χ4v) is 3.10. The van der Waals surface area contributed by atoms with E-state index in [-0.39, 0.29) is 5.92 Å². The van der Waals surface area contributed by atoms with Crippen LogP contribution in [0.2, 0.25) is 0 Å². The summed E-state index contributed by atoms with van der Waals surface area (Å²) in [5.41, 5.74) is 3.55. The third-order valence-corrected chi connectivity index (χ3v) is 4.53. The maximum Gasteiger partial charge on any atom is 0.349 e. The lowest BCUT2D eigenvalue weighted by molar-refractivity contribution is 0.386. The Morgan fingerprint density at radius 1 is 1.08 bits per heavy atom. The van der Waals surface area contributed by atoms with Crippen LogP contribution in [-0.4, -0.2) is 16.9 Å². The van der Waals surface area contributed by atoms with Crippen molar-refractivity contribution in [3.63, 3.8) is 0 Å². The topological polar surface area (TPSA) is 76.0 Å². The van der Waals surface area contributed by atoms with Crippen molar-refractivity contribution in [2.45, 2.75) is 33.6 Å². The predicted molar refractivity (Wildman–Crippen MR) is 104 cm³/mol. The normalized spacial score (nSPS) is 12.0. The molecule has 0 aliphatic rings. The third kappa shape index (κ3) is 5.21. The SMILES string of the molecule is COc1ccc(Oc2c(C)cc(/C=C/P(=O)(O)O)cc2C)c(C(C)C)c1. The molecule has 0 saturated heterocycles. The van der Waals surface area contributed by atoms with Gasteiger partial charge in [0.15, 0.2) is 0 Å². The van der Waals surface area contributed by atoms with Gasteiger partial charge in [0.2, 0.25) is 0 Å². The standard InChI is InChI=1S/C20H25O5P/c1-13(2)18-12-17(24-5)6-7-19(18)25-20-14(3)10-16(11-15(20)4)8-9-26(21,22)23/h6-13H,1-5H3,(H2,21,22,23)/b9-8+. The van der Waals surface area contributed by atoms with Crippen LogP contribution in [0.15, 0.2) is 36.1 Å². The van der Waals surface area contributed by atoms with Gasteiger partial charge in [0, 0.05) is 11.4 Å². The molecule has 2 N–H and O–H groups in total. The Labute approximate surface area is 154 Å². The Balaban J connectivity index is 2.39. The summed E-state index contributed by atoms with van der Waals surface area (Å²) in [4.78, 5) is 18.0. The molecule has 0 unspecified atom stereocenters. The van der Waals surface area contributed by atoms with Gasteiger partial charge in [-0.25, -0.2) is 0 Å². The van der Waals surface area contributed by atoms with E-state index in [0.29, 0.717) is 0 Å². The van der Waals surface area contributed by atoms with Crippen molar-refractivity contribution >= 4 is 13.7 Å². The molecule has 0 radical (unpaired) electrons. The molecule has 2 rings (SSSR count). The van der Waals surface area contributed by atoms with Crippen LogP contribution < -0.4 is 9.47 Å². The van der Waals surface area contributed by atoms with Crippen LogP contribution in [-0.2, 0) is 4.57 Å². The van der Waals surface area contributed by atoms with Gasteiger partial charge in [-0.3, -0.25) is 4.57 Å². The minimum atomic E-state index is -4.18. The number of ether oxygens (including phenoxy) is 2. The zero-order chi connectivity index (χ0) is 19.5. The Morgan fingerprint density at radius 3 is 2.19 bits per heavy atom. The Hall–Kier alpha value is -2.07. The molecule has 0 spiro atoms. The van der Waals surface area contributed by atoms with E-state index in [9.17, 15) is 4.57 Å². The zero-order valence-electron chi connectivity index (χ0n) is 15.7. The average molecular weight is 376 g/mol. The fraction of sp³-hybridized carbons (Fsp3) is 0.300. The molecular formula is C20H25O5P. The van der Waals surface area contributed by atoms with Gasteiger partial charge in [-0.15, -0.1) is 0 Å². The first-order valence-corrected chi connectivity index (χ1v) is 10.0. The van der Waals surface area contributed by atoms with Crippen LogP contribution in [0.3, 0.4) is 0 Å². The van der Waals surface area contributed by atoms with Crippen LogP contribution in [0.5, 0.6) is 17.2 Å². The van der Waals surface area contributed by atoms with Crippen molar-refractivity contribution in [3.05, 3.63) is 58.4 Å². The highest BCUT2D eigenvalue weighted by atomic mass is 31.2. The van der Waals surface area contributed by atoms with E-state index in [1.807, 2.05) is 44.2 Å². The first kappa shape index (κ1) is 20.2. The van der Waals surface area contributed by atoms with Crippen LogP contribution >= 0.6 is 7.60 Å². The van der Waals surface area contributed by atoms with Crippen molar-refractivity contribution < 1.29 is 23.8 Å². The van der Waals surface area contributed by atoms with Gasteiger partial charge in [0.05, 0.1) is 7.11 Å². The van der Waals surface area contributed by atoms with E-state index in [1.165, 1.54) is 6.08 Å². The predicted octanol–water partition coefficient (Wildman–Crippen LogP) is 5.38. The number of hydrogen-bond acceptors (Lipinski definition) is 3. The van der Waals surface area contributed by atoms with Crippen molar-refractivity contribution in [2.75, 3.05) is 7.11 Å². The second-order valence-electron chi connectivity index (χ2n) is 6.55. The van der Waals surface area contributed by atoms with Crippen LogP contribution in [0, 0.1) is 13.8 Å². The molecule has 0 fully saturated rings. The summed E-state index contributed by atoms with van der Waals surface area (Å²) in [6.07, 6.45) is 1.43. The van der Waals surface area contributed by atoms with Gasteiger partial charge in [0.1, 0.15) is 17.2 Å². The van der Waals surface area contributed by atoms with Gasteiger partial charge >= 0.3 is 7.60 Å². The smallest absolute Gasteiger partial charge is 0.349 e. The maximum atomic E-state index is 11.0. The molecule has 0 aromatic heterocycles. The van der Waals surface area contributed by atoms with E-state index >= 15 is 0 Å². The number of hydrogen-bond donors (Lipinski definition) is 2. The monoisotopic (exact) mass is 376 g/mol. The molecule has 26 heavy (non-hydrogen) atoms. The molecule has 0 atom stereocenters. The van der Waals surface area contributed by atoms with Crippen molar-refractivity contribution in [2.24, 2.45) is 0 Å². The fourth-order valence-electron chi connectivity index (χ4n) is 2.73. The van der Waals surface area contributed by atoms with E-state index in [2.05, 4.69) is 13.8 Å². The summed E-state index contributed by atoms with van der Waals surface area (Å²) in [6, 6.07) is 9.42. The molecule has 0 aliphatic carbocycles. The Bertz CT molecular complexity index is 841. The molecule has 0 amide bonds. The summed E-state index contributed by atoms with van der Waals surface area (Å²) in [6.45, 7) is 8.01. The van der Waals surface area contributed by atoms with Gasteiger partial charge in [-0.2, -0.15) is 0 Å². The van der Waals surface area contributed by atoms with Gasteiger partial charge in [0.25, 0.3) is 0 Å². The van der Waals surface area contributed by atoms with Gasteiger partial charge < -0.3 is 19.3 Å². The molecule has 2 aromatic carbocycles. The lowest BCUT2D eigenvalue weighted by Gasteiger charge is -2.18. The number of rotatable bonds is 6. The number of aryl methyl sites for hydroxylation is 2. The summed E-state index contributed by atoms with van der Waals surface area (Å²) in [5, 5.41) is 0. The quantitative estimate of drug-likeness (QED) is 0.662. The highest BCUT2D eigenvalue weighted by Crippen LogP contribution is 2.39. The third-order valence-electron chi connectivity index (χ3n) is 3.99. The summed E-state index contributed by atoms with van der Waals surface area (Å²) < 4.78 is 22.5. The Kier molecular flexibility index (Phi) is 6.30. The largest absolute Gasteiger partial charge is 0.497 e. The highest BCUT2D eigenvalue weighted by molar-refractivity contribution is 7.55. The minimum Gasteiger partial charge on any atom is -0.497 e. The molecular weight excluding hydrogens is 351 g/mol. The highest BCUT2D eigenvalue weighted by Gasteiger charge is 2.14. The summed E-state index contributed by atoms with van der Waals surface area (Å²) in [7, 11) is -2.54. The van der Waals surface area contributed by atoms with Gasteiger partial charge in [-0.05, 0) is 72.9 Å². The lowest BCUT2D eigenvalue weighted by Crippen LogP contribution is -1.98. The Morgan fingerprint density at radius 2 is 1.69 bits per heavy atom. The van der Waals surface area contributed by atoms with E-state index in [4.69, 9.17) is 19.3 Å². The van der Waals surface area contributed by atoms with Gasteiger partial charge in [-0.1, -0.05) is 13.8 Å². The second kappa shape index (κ2) is 8.09. The molecule has 0 heterocycles. The maximum absolute atomic E-state index is 11.0. The first-order chi connectivity index (χ1) is 12.1. The average Bonchev–Trinajstić information content (AvgIpc) is 2.55. The number of benzene rings is 2. The van der Waals surface area contributed by atoms with E-state index in [0.717, 1.165) is 45.3 Å². The lowest BCUT2D eigenvalue weighted by atomic mass is 10.0. The molecule has 6 heteroatoms. The van der Waals surface area contributed by atoms with Crippen molar-refractivity contribution in [1.82, 2.24) is 0 Å². The van der Waals surface area contributed by atoms with Crippen LogP contribution in [0.25, 0.3) is 6.08 Å². The second-order valence-corrected chi connectivity index (χ2v) is 8.03. The van der Waals surface area contributed by atoms with Crippen molar-refractivity contribution in [1.29, 1.82) is 0 Å². The minimum absolute atomic E-state index is 0.270. The van der Waals surface area contributed by atoms with Crippen molar-refractivity contribution in [3.8, 4) is 17.2 Å². The van der Waals surface area contributed by atoms with Crippen LogP contribution in [0.1, 0.15) is 42.0 Å². The first-order valence-electron chi connectivity index (χ1n) is 8.32. The molecule has 5 nitrogen and oxygen atoms in total.